The zero-order chi connectivity index (χ0) is 93.9. The molecule has 0 radical (unpaired) electrons. The number of nitrogens with zero attached hydrogens (tertiary/aromatic N) is 16. The molecule has 18 rings (SSSR count). The lowest BCUT2D eigenvalue weighted by Crippen LogP contribution is -2.54. The highest BCUT2D eigenvalue weighted by Gasteiger charge is 2.38. The molecule has 0 saturated carbocycles. The highest BCUT2D eigenvalue weighted by atomic mass is 19.1. The van der Waals surface area contributed by atoms with Crippen LogP contribution in [-0.4, -0.2) is 178 Å². The SMILES string of the molecule is C=CC(=O)N1CCN(c2nc(=O)n3c4nc(c(F)cc24)-c2c(F)cccc2CC(=O)CCc2cccc(C(C)C)c2-3)[C@@H](C)C1.C=CC(=O)N1CCN(c2nc(=O)n3c4nc(c(F)cc24)-c2c(F)cccc2CC(=O)CN(C)c2cccc(C(C)C)c2-3)[C@@H](C)C1.C=CC(=O)N1CCN(c2nc(=O)n3c4nc(c(F)cc24)-c2c(F)cccc2CCCCc2cccc(C(C)C)c2-3)[C@@H](C)C1. The molecule has 3 amide bonds. The van der Waals surface area contributed by atoms with E-state index < -0.39 is 52.0 Å². The lowest BCUT2D eigenvalue weighted by Gasteiger charge is -2.40. The molecule has 0 spiro atoms. The van der Waals surface area contributed by atoms with Gasteiger partial charge in [-0.25, -0.2) is 69.4 Å². The van der Waals surface area contributed by atoms with E-state index in [9.17, 15) is 38.4 Å². The molecule has 6 aromatic carbocycles. The number of rotatable bonds is 9. The zero-order valence-corrected chi connectivity index (χ0v) is 75.4. The molecular weight excluding hydrogens is 1690 g/mol. The van der Waals surface area contributed by atoms with Crippen molar-refractivity contribution in [2.24, 2.45) is 0 Å². The average Bonchev–Trinajstić information content (AvgIpc) is 0.733. The zero-order valence-electron chi connectivity index (χ0n) is 75.4. The number of anilines is 4. The third-order valence-electron chi connectivity index (χ3n) is 25.9. The van der Waals surface area contributed by atoms with Gasteiger partial charge in [-0.15, -0.1) is 0 Å². The lowest BCUT2D eigenvalue weighted by molar-refractivity contribution is -0.127. The van der Waals surface area contributed by atoms with Gasteiger partial charge in [-0.2, -0.15) is 15.0 Å². The Bertz CT molecular complexity index is 6950. The van der Waals surface area contributed by atoms with Crippen LogP contribution in [0.5, 0.6) is 0 Å². The van der Waals surface area contributed by atoms with Crippen molar-refractivity contribution in [3.8, 4) is 50.8 Å². The topological polar surface area (TPSA) is 251 Å². The van der Waals surface area contributed by atoms with Gasteiger partial charge in [-0.1, -0.05) is 146 Å². The van der Waals surface area contributed by atoms with E-state index in [2.05, 4.69) is 48.5 Å². The van der Waals surface area contributed by atoms with Gasteiger partial charge >= 0.3 is 17.1 Å². The molecule has 0 N–H and O–H groups in total. The van der Waals surface area contributed by atoms with Gasteiger partial charge in [0.05, 0.1) is 45.5 Å². The Morgan fingerprint density at radius 2 is 0.697 bits per heavy atom. The first kappa shape index (κ1) is 91.3. The molecule has 680 valence electrons. The number of aryl methyl sites for hydroxylation is 3. The lowest BCUT2D eigenvalue weighted by atomic mass is 9.92. The van der Waals surface area contributed by atoms with E-state index >= 15 is 26.3 Å². The number of pyridine rings is 3. The van der Waals surface area contributed by atoms with E-state index in [4.69, 9.17) is 15.0 Å². The molecular formula is C102H102F6N16O8. The highest BCUT2D eigenvalue weighted by Crippen LogP contribution is 2.44. The summed E-state index contributed by atoms with van der Waals surface area (Å²) in [7, 11) is 1.76. The monoisotopic (exact) mass is 1790 g/mol. The molecule has 12 heterocycles. The van der Waals surface area contributed by atoms with E-state index in [-0.39, 0.29) is 164 Å². The second-order valence-electron chi connectivity index (χ2n) is 35.5. The van der Waals surface area contributed by atoms with Crippen molar-refractivity contribution in [1.82, 2.24) is 58.3 Å². The molecule has 6 aliphatic heterocycles. The maximum absolute atomic E-state index is 16.2. The fourth-order valence-corrected chi connectivity index (χ4v) is 19.4. The van der Waals surface area contributed by atoms with E-state index in [0.717, 1.165) is 40.7 Å². The Morgan fingerprint density at radius 3 is 1.07 bits per heavy atom. The van der Waals surface area contributed by atoms with Crippen LogP contribution in [0.15, 0.2) is 180 Å². The summed E-state index contributed by atoms with van der Waals surface area (Å²) in [6.45, 7) is 31.9. The van der Waals surface area contributed by atoms with Gasteiger partial charge in [0.1, 0.15) is 75.2 Å². The number of fused-ring (bicyclic) bond motifs is 15. The van der Waals surface area contributed by atoms with Crippen molar-refractivity contribution < 1.29 is 50.3 Å². The molecule has 3 atom stereocenters. The summed E-state index contributed by atoms with van der Waals surface area (Å²) in [6.07, 6.45) is 6.97. The second kappa shape index (κ2) is 37.4. The molecule has 6 bridgehead atoms. The van der Waals surface area contributed by atoms with Crippen molar-refractivity contribution in [2.75, 3.05) is 92.1 Å². The summed E-state index contributed by atoms with van der Waals surface area (Å²) in [5.74, 6) is -4.38. The minimum absolute atomic E-state index is 0.0104. The van der Waals surface area contributed by atoms with Crippen molar-refractivity contribution in [1.29, 1.82) is 0 Å². The van der Waals surface area contributed by atoms with Crippen LogP contribution in [0.25, 0.3) is 83.9 Å². The Hall–Kier alpha value is -14.1. The Morgan fingerprint density at radius 1 is 0.379 bits per heavy atom. The normalized spacial score (nSPS) is 16.9. The fourth-order valence-electron chi connectivity index (χ4n) is 19.4. The number of hydrogen-bond acceptors (Lipinski definition) is 18. The van der Waals surface area contributed by atoms with Crippen LogP contribution in [0.4, 0.5) is 49.5 Å². The number of carbonyl (C=O) groups is 5. The van der Waals surface area contributed by atoms with Crippen LogP contribution in [0.1, 0.15) is 144 Å². The minimum Gasteiger partial charge on any atom is -0.366 e. The molecule has 6 aromatic heterocycles. The van der Waals surface area contributed by atoms with Crippen molar-refractivity contribution in [3.05, 3.63) is 276 Å². The summed E-state index contributed by atoms with van der Waals surface area (Å²) in [5, 5.41) is 0.914. The predicted octanol–water partition coefficient (Wildman–Crippen LogP) is 15.7. The third kappa shape index (κ3) is 17.1. The summed E-state index contributed by atoms with van der Waals surface area (Å²) >= 11 is 0. The van der Waals surface area contributed by atoms with Gasteiger partial charge in [-0.05, 0) is 176 Å². The van der Waals surface area contributed by atoms with Gasteiger partial charge < -0.3 is 34.3 Å². The smallest absolute Gasteiger partial charge is 0.355 e. The molecule has 6 aliphatic rings. The van der Waals surface area contributed by atoms with Crippen LogP contribution in [-0.2, 0) is 56.1 Å². The fraction of sp³-hybridized carbons (Fsp3) is 0.333. The maximum atomic E-state index is 16.2. The molecule has 3 fully saturated rings. The largest absolute Gasteiger partial charge is 0.366 e. The number of amides is 3. The van der Waals surface area contributed by atoms with Crippen molar-refractivity contribution in [3.63, 3.8) is 0 Å². The number of likely N-dealkylation sites (N-methyl/N-ethyl adjacent to an activating group) is 1. The van der Waals surface area contributed by atoms with Crippen LogP contribution < -0.4 is 36.7 Å². The molecule has 0 aliphatic carbocycles. The Labute approximate surface area is 758 Å². The van der Waals surface area contributed by atoms with Gasteiger partial charge in [0, 0.05) is 120 Å². The third-order valence-corrected chi connectivity index (χ3v) is 25.9. The van der Waals surface area contributed by atoms with Crippen molar-refractivity contribution >= 4 is 85.5 Å². The maximum Gasteiger partial charge on any atom is 0.355 e. The number of ketones is 2. The molecule has 12 aromatic rings. The Kier molecular flexibility index (Phi) is 25.9. The molecule has 24 nitrogen and oxygen atoms in total. The van der Waals surface area contributed by atoms with Crippen LogP contribution in [0.2, 0.25) is 0 Å². The first-order valence-electron chi connectivity index (χ1n) is 44.7. The summed E-state index contributed by atoms with van der Waals surface area (Å²) in [4.78, 5) is 146. The first-order chi connectivity index (χ1) is 63.3. The molecule has 0 unspecified atom stereocenters. The summed E-state index contributed by atoms with van der Waals surface area (Å²) < 4.78 is 99.3. The summed E-state index contributed by atoms with van der Waals surface area (Å²) in [6, 6.07) is 33.8. The number of hydrogen-bond donors (Lipinski definition) is 0. The van der Waals surface area contributed by atoms with E-state index in [1.54, 1.807) is 44.8 Å². The summed E-state index contributed by atoms with van der Waals surface area (Å²) in [5.41, 5.74) is 5.90. The second-order valence-corrected chi connectivity index (χ2v) is 35.5. The van der Waals surface area contributed by atoms with Crippen molar-refractivity contribution in [2.45, 2.75) is 150 Å². The van der Waals surface area contributed by atoms with Crippen LogP contribution >= 0.6 is 0 Å². The van der Waals surface area contributed by atoms with Crippen LogP contribution in [0, 0.1) is 34.9 Å². The number of para-hydroxylation sites is 3. The average molecular weight is 1790 g/mol. The van der Waals surface area contributed by atoms with Crippen LogP contribution in [0.3, 0.4) is 0 Å². The van der Waals surface area contributed by atoms with E-state index in [1.807, 2.05) is 124 Å². The number of benzene rings is 6. The highest BCUT2D eigenvalue weighted by molar-refractivity contribution is 5.97. The number of carbonyl (C=O) groups excluding carboxylic acids is 5. The first-order valence-corrected chi connectivity index (χ1v) is 44.7. The van der Waals surface area contributed by atoms with E-state index in [1.165, 1.54) is 80.5 Å². The van der Waals surface area contributed by atoms with Gasteiger partial charge in [0.15, 0.2) is 22.7 Å². The van der Waals surface area contributed by atoms with Gasteiger partial charge in [0.25, 0.3) is 0 Å². The van der Waals surface area contributed by atoms with Gasteiger partial charge in [0.2, 0.25) is 17.7 Å². The molecule has 132 heavy (non-hydrogen) atoms. The molecule has 30 heteroatoms. The number of piperazine rings is 3. The minimum atomic E-state index is -0.811. The quantitative estimate of drug-likeness (QED) is 0.0961. The number of halogens is 6. The van der Waals surface area contributed by atoms with E-state index in [0.29, 0.717) is 129 Å². The predicted molar refractivity (Wildman–Crippen MR) is 500 cm³/mol. The standard InChI is InChI=1S/C34H34F2N6O3.C34H33F2N5O3.C34H35F2N5O2/c1-6-28(44)40-13-14-41(20(4)17-40)32-24-16-26(36)30-29-21(9-7-11-25(29)35)15-22(43)18-39(5)27-12-8-10-23(19(2)3)31(27)42(33(24)37-30)34(45)38-32;1-5-28(43)39-14-15-40(20(4)18-39)32-25-17-27(36)30-29-22(9-7-11-26(29)35)16-23(42)13-12-21-8-6-10-24(19(2)3)31(21)41(33(25)37-30)34(44)38-32;1-5-28(42)39-16-17-40(21(4)19-39)32-25-18-27(36)30-29-22(12-9-15-26(29)35)10-6-7-11-23-13-8-14-24(20(2)3)31(23)41(33(25)37-30)34(43)38-32/h6-12,16,19-20H,1,13-15,17-18H2,2-5H3;5-11,17,19-20H,1,12-16,18H2,2-4H3;5,8-9,12-15,18,20-21H,1,6-7,10-11,16-17,19H2,2-4H3/t2*20-;21-/m000/s1. The number of Topliss-reactive ketones (excluding diaryl/α,β-unsaturated/α-hetero) is 2. The molecule has 3 saturated heterocycles. The van der Waals surface area contributed by atoms with Gasteiger partial charge in [-0.3, -0.25) is 24.0 Å². The number of aromatic nitrogens is 9. The Balaban J connectivity index is 0.000000144.